The highest BCUT2D eigenvalue weighted by molar-refractivity contribution is 7.54. The second-order valence-corrected chi connectivity index (χ2v) is 6.09. The van der Waals surface area contributed by atoms with E-state index < -0.39 is 7.80 Å². The Bertz CT molecular complexity index is 598. The molecule has 2 aromatic carbocycles. The number of hydrogen-bond donors (Lipinski definition) is 0. The van der Waals surface area contributed by atoms with Crippen LogP contribution in [-0.4, -0.2) is 11.9 Å². The average molecular weight is 271 g/mol. The SMILES string of the molecule is Cc1cccc(C)c1[P](=O)CC(=O)c1ccccc1. The summed E-state index contributed by atoms with van der Waals surface area (Å²) in [6.45, 7) is 3.87. The van der Waals surface area contributed by atoms with Crippen LogP contribution < -0.4 is 5.30 Å². The fourth-order valence-electron chi connectivity index (χ4n) is 2.12. The maximum Gasteiger partial charge on any atom is 0.173 e. The molecule has 1 radical (unpaired) electrons. The predicted molar refractivity (Wildman–Crippen MR) is 78.8 cm³/mol. The summed E-state index contributed by atoms with van der Waals surface area (Å²) in [5.41, 5.74) is 2.60. The van der Waals surface area contributed by atoms with Gasteiger partial charge in [-0.15, -0.1) is 0 Å². The van der Waals surface area contributed by atoms with E-state index in [0.717, 1.165) is 16.4 Å². The van der Waals surface area contributed by atoms with Crippen LogP contribution in [0.3, 0.4) is 0 Å². The number of carbonyl (C=O) groups excluding carboxylic acids is 1. The molecule has 19 heavy (non-hydrogen) atoms. The third kappa shape index (κ3) is 3.15. The van der Waals surface area contributed by atoms with Crippen molar-refractivity contribution in [3.63, 3.8) is 0 Å². The van der Waals surface area contributed by atoms with Crippen molar-refractivity contribution >= 4 is 18.9 Å². The number of rotatable bonds is 4. The molecule has 0 aliphatic heterocycles. The van der Waals surface area contributed by atoms with E-state index in [2.05, 4.69) is 0 Å². The molecule has 2 aromatic rings. The monoisotopic (exact) mass is 271 g/mol. The molecule has 2 rings (SSSR count). The molecule has 0 fully saturated rings. The summed E-state index contributed by atoms with van der Waals surface area (Å²) in [6.07, 6.45) is 0.0744. The molecule has 1 unspecified atom stereocenters. The quantitative estimate of drug-likeness (QED) is 0.628. The van der Waals surface area contributed by atoms with Crippen LogP contribution in [0.1, 0.15) is 21.5 Å². The molecule has 0 saturated carbocycles. The molecule has 0 saturated heterocycles. The normalized spacial score (nSPS) is 11.2. The second-order valence-electron chi connectivity index (χ2n) is 4.57. The van der Waals surface area contributed by atoms with Crippen molar-refractivity contribution < 1.29 is 9.36 Å². The van der Waals surface area contributed by atoms with Crippen molar-refractivity contribution in [1.29, 1.82) is 0 Å². The lowest BCUT2D eigenvalue weighted by Gasteiger charge is -2.08. The summed E-state index contributed by atoms with van der Waals surface area (Å²) >= 11 is 0. The van der Waals surface area contributed by atoms with Gasteiger partial charge < -0.3 is 0 Å². The summed E-state index contributed by atoms with van der Waals surface area (Å²) in [7, 11) is -1.68. The van der Waals surface area contributed by atoms with Crippen molar-refractivity contribution in [1.82, 2.24) is 0 Å². The fraction of sp³-hybridized carbons (Fsp3) is 0.188. The van der Waals surface area contributed by atoms with Crippen LogP contribution in [0.2, 0.25) is 0 Å². The largest absolute Gasteiger partial charge is 0.293 e. The van der Waals surface area contributed by atoms with E-state index in [1.165, 1.54) is 0 Å². The van der Waals surface area contributed by atoms with E-state index in [-0.39, 0.29) is 11.9 Å². The van der Waals surface area contributed by atoms with Gasteiger partial charge in [0.1, 0.15) is 7.80 Å². The van der Waals surface area contributed by atoms with Gasteiger partial charge in [-0.3, -0.25) is 9.36 Å². The summed E-state index contributed by atoms with van der Waals surface area (Å²) < 4.78 is 12.4. The molecular weight excluding hydrogens is 255 g/mol. The Labute approximate surface area is 114 Å². The molecule has 0 aromatic heterocycles. The highest BCUT2D eigenvalue weighted by Gasteiger charge is 2.16. The van der Waals surface area contributed by atoms with E-state index in [9.17, 15) is 9.36 Å². The molecule has 97 valence electrons. The first kappa shape index (κ1) is 13.6. The van der Waals surface area contributed by atoms with Crippen molar-refractivity contribution in [3.05, 3.63) is 65.2 Å². The molecule has 2 nitrogen and oxygen atoms in total. The zero-order valence-corrected chi connectivity index (χ0v) is 12.0. The topological polar surface area (TPSA) is 34.1 Å². The molecule has 0 N–H and O–H groups in total. The van der Waals surface area contributed by atoms with Gasteiger partial charge in [0.15, 0.2) is 5.78 Å². The number of benzene rings is 2. The lowest BCUT2D eigenvalue weighted by molar-refractivity contribution is 0.102. The van der Waals surface area contributed by atoms with Crippen molar-refractivity contribution in [3.8, 4) is 0 Å². The molecule has 0 heterocycles. The molecule has 0 spiro atoms. The molecule has 1 atom stereocenters. The van der Waals surface area contributed by atoms with Crippen LogP contribution >= 0.6 is 7.80 Å². The first-order chi connectivity index (χ1) is 9.09. The maximum atomic E-state index is 12.4. The Morgan fingerprint density at radius 3 is 2.11 bits per heavy atom. The van der Waals surface area contributed by atoms with Crippen LogP contribution in [0.25, 0.3) is 0 Å². The van der Waals surface area contributed by atoms with Gasteiger partial charge >= 0.3 is 0 Å². The molecule has 3 heteroatoms. The first-order valence-corrected chi connectivity index (χ1v) is 7.63. The third-order valence-electron chi connectivity index (χ3n) is 3.07. The standard InChI is InChI=1S/C16H16O2P/c1-12-7-6-8-13(2)16(12)19(18)11-15(17)14-9-4-3-5-10-14/h3-10H,11H2,1-2H3. The summed E-state index contributed by atoms with van der Waals surface area (Å²) in [5, 5.41) is 0.821. The van der Waals surface area contributed by atoms with Gasteiger partial charge in [-0.2, -0.15) is 0 Å². The van der Waals surface area contributed by atoms with Crippen LogP contribution in [0.5, 0.6) is 0 Å². The van der Waals surface area contributed by atoms with Crippen molar-refractivity contribution in [2.24, 2.45) is 0 Å². The highest BCUT2D eigenvalue weighted by atomic mass is 31.1. The molecular formula is C16H16O2P. The Hall–Kier alpha value is -1.79. The number of Topliss-reactive ketones (excluding diaryl/α,β-unsaturated/α-hetero) is 1. The number of carbonyl (C=O) groups is 1. The van der Waals surface area contributed by atoms with E-state index in [0.29, 0.717) is 5.56 Å². The smallest absolute Gasteiger partial charge is 0.173 e. The zero-order valence-electron chi connectivity index (χ0n) is 11.1. The Morgan fingerprint density at radius 2 is 1.53 bits per heavy atom. The van der Waals surface area contributed by atoms with Crippen LogP contribution in [0.4, 0.5) is 0 Å². The van der Waals surface area contributed by atoms with Crippen LogP contribution in [0, 0.1) is 13.8 Å². The fourth-order valence-corrected chi connectivity index (χ4v) is 3.66. The van der Waals surface area contributed by atoms with Crippen molar-refractivity contribution in [2.45, 2.75) is 13.8 Å². The van der Waals surface area contributed by atoms with E-state index in [1.54, 1.807) is 12.1 Å². The minimum absolute atomic E-state index is 0.0654. The number of ketones is 1. The Balaban J connectivity index is 2.21. The van der Waals surface area contributed by atoms with Gasteiger partial charge in [0.25, 0.3) is 0 Å². The average Bonchev–Trinajstić information content (AvgIpc) is 2.39. The van der Waals surface area contributed by atoms with Gasteiger partial charge in [0.2, 0.25) is 0 Å². The minimum atomic E-state index is -1.68. The molecule has 0 aliphatic carbocycles. The van der Waals surface area contributed by atoms with Gasteiger partial charge in [-0.1, -0.05) is 48.5 Å². The minimum Gasteiger partial charge on any atom is -0.293 e. The Morgan fingerprint density at radius 1 is 0.947 bits per heavy atom. The number of aryl methyl sites for hydroxylation is 2. The van der Waals surface area contributed by atoms with Crippen molar-refractivity contribution in [2.75, 3.05) is 6.16 Å². The molecule has 0 aliphatic rings. The lowest BCUT2D eigenvalue weighted by atomic mass is 10.1. The van der Waals surface area contributed by atoms with Gasteiger partial charge in [-0.25, -0.2) is 0 Å². The van der Waals surface area contributed by atoms with E-state index in [4.69, 9.17) is 0 Å². The lowest BCUT2D eigenvalue weighted by Crippen LogP contribution is -2.12. The zero-order chi connectivity index (χ0) is 13.8. The summed E-state index contributed by atoms with van der Waals surface area (Å²) in [6, 6.07) is 14.8. The Kier molecular flexibility index (Phi) is 4.24. The second kappa shape index (κ2) is 5.90. The summed E-state index contributed by atoms with van der Waals surface area (Å²) in [4.78, 5) is 12.1. The number of hydrogen-bond acceptors (Lipinski definition) is 2. The van der Waals surface area contributed by atoms with Gasteiger partial charge in [0.05, 0.1) is 6.16 Å². The van der Waals surface area contributed by atoms with E-state index >= 15 is 0 Å². The summed E-state index contributed by atoms with van der Waals surface area (Å²) in [5.74, 6) is -0.0654. The van der Waals surface area contributed by atoms with Crippen LogP contribution in [-0.2, 0) is 4.57 Å². The molecule has 0 amide bonds. The predicted octanol–water partition coefficient (Wildman–Crippen LogP) is 3.64. The third-order valence-corrected chi connectivity index (χ3v) is 4.85. The van der Waals surface area contributed by atoms with E-state index in [1.807, 2.05) is 50.2 Å². The first-order valence-electron chi connectivity index (χ1n) is 6.18. The van der Waals surface area contributed by atoms with Crippen LogP contribution in [0.15, 0.2) is 48.5 Å². The highest BCUT2D eigenvalue weighted by Crippen LogP contribution is 2.25. The molecule has 0 bridgehead atoms. The maximum absolute atomic E-state index is 12.4. The van der Waals surface area contributed by atoms with Gasteiger partial charge in [-0.05, 0) is 25.0 Å². The van der Waals surface area contributed by atoms with Gasteiger partial charge in [0, 0.05) is 10.9 Å².